The fraction of sp³-hybridized carbons (Fsp3) is 0.357. The molecule has 1 aliphatic rings. The van der Waals surface area contributed by atoms with E-state index in [1.54, 1.807) is 24.3 Å². The molecule has 0 aliphatic carbocycles. The van der Waals surface area contributed by atoms with Gasteiger partial charge in [-0.05, 0) is 25.1 Å². The fourth-order valence-corrected chi connectivity index (χ4v) is 2.12. The van der Waals surface area contributed by atoms with Crippen molar-refractivity contribution in [2.24, 2.45) is 0 Å². The Morgan fingerprint density at radius 1 is 1.10 bits per heavy atom. The van der Waals surface area contributed by atoms with Gasteiger partial charge in [-0.15, -0.1) is 0 Å². The topological polar surface area (TPSA) is 86.7 Å². The van der Waals surface area contributed by atoms with Gasteiger partial charge in [-0.3, -0.25) is 19.3 Å². The van der Waals surface area contributed by atoms with E-state index in [-0.39, 0.29) is 18.2 Å². The summed E-state index contributed by atoms with van der Waals surface area (Å²) in [7, 11) is 0. The molecule has 1 aromatic rings. The first-order valence-electron chi connectivity index (χ1n) is 6.49. The molecule has 0 saturated heterocycles. The van der Waals surface area contributed by atoms with Gasteiger partial charge < -0.3 is 10.4 Å². The summed E-state index contributed by atoms with van der Waals surface area (Å²) >= 11 is 0. The molecule has 0 aromatic heterocycles. The van der Waals surface area contributed by atoms with Crippen molar-refractivity contribution in [3.63, 3.8) is 0 Å². The lowest BCUT2D eigenvalue weighted by Crippen LogP contribution is -2.36. The number of nitrogens with one attached hydrogen (secondary N) is 1. The van der Waals surface area contributed by atoms with Crippen molar-refractivity contribution in [3.8, 4) is 0 Å². The standard InChI is InChI=1S/C14H16N2O4/c17-12(18)6-3-7-15-8-9-16-13(19)10-4-1-2-5-11(10)14(16)20/h1-2,4-5,15H,3,6-9H2,(H,17,18). The van der Waals surface area contributed by atoms with Crippen molar-refractivity contribution >= 4 is 17.8 Å². The van der Waals surface area contributed by atoms with Gasteiger partial charge in [0.1, 0.15) is 0 Å². The van der Waals surface area contributed by atoms with E-state index in [2.05, 4.69) is 5.32 Å². The average Bonchev–Trinajstić information content (AvgIpc) is 2.67. The van der Waals surface area contributed by atoms with E-state index in [9.17, 15) is 14.4 Å². The number of carbonyl (C=O) groups is 3. The number of rotatable bonds is 7. The molecule has 1 aromatic carbocycles. The highest BCUT2D eigenvalue weighted by atomic mass is 16.4. The smallest absolute Gasteiger partial charge is 0.303 e. The Bertz CT molecular complexity index is 507. The third-order valence-corrected chi connectivity index (χ3v) is 3.13. The lowest BCUT2D eigenvalue weighted by atomic mass is 10.1. The molecule has 0 unspecified atom stereocenters. The van der Waals surface area contributed by atoms with Crippen molar-refractivity contribution < 1.29 is 19.5 Å². The Kier molecular flexibility index (Phi) is 4.47. The zero-order chi connectivity index (χ0) is 14.5. The zero-order valence-corrected chi connectivity index (χ0v) is 11.0. The lowest BCUT2D eigenvalue weighted by Gasteiger charge is -2.13. The minimum absolute atomic E-state index is 0.111. The van der Waals surface area contributed by atoms with E-state index in [1.807, 2.05) is 0 Å². The molecule has 6 heteroatoms. The number of fused-ring (bicyclic) bond motifs is 1. The summed E-state index contributed by atoms with van der Waals surface area (Å²) in [4.78, 5) is 35.6. The third kappa shape index (κ3) is 3.03. The van der Waals surface area contributed by atoms with Crippen LogP contribution < -0.4 is 5.32 Å². The molecule has 2 amide bonds. The second-order valence-corrected chi connectivity index (χ2v) is 4.55. The molecule has 20 heavy (non-hydrogen) atoms. The number of carboxylic acids is 1. The average molecular weight is 276 g/mol. The summed E-state index contributed by atoms with van der Waals surface area (Å²) in [6, 6.07) is 6.76. The number of aliphatic carboxylic acids is 1. The third-order valence-electron chi connectivity index (χ3n) is 3.13. The molecule has 0 radical (unpaired) electrons. The molecule has 0 bridgehead atoms. The van der Waals surface area contributed by atoms with Crippen LogP contribution in [0.15, 0.2) is 24.3 Å². The van der Waals surface area contributed by atoms with Crippen LogP contribution in [0.1, 0.15) is 33.6 Å². The van der Waals surface area contributed by atoms with Crippen molar-refractivity contribution in [3.05, 3.63) is 35.4 Å². The van der Waals surface area contributed by atoms with Crippen LogP contribution in [0, 0.1) is 0 Å². The molecule has 0 saturated carbocycles. The van der Waals surface area contributed by atoms with Gasteiger partial charge in [0.2, 0.25) is 0 Å². The van der Waals surface area contributed by atoms with Crippen LogP contribution in [-0.4, -0.2) is 47.4 Å². The highest BCUT2D eigenvalue weighted by Crippen LogP contribution is 2.21. The number of amides is 2. The monoisotopic (exact) mass is 276 g/mol. The molecule has 1 heterocycles. The first-order valence-corrected chi connectivity index (χ1v) is 6.49. The van der Waals surface area contributed by atoms with E-state index in [4.69, 9.17) is 5.11 Å². The normalized spacial score (nSPS) is 13.7. The van der Waals surface area contributed by atoms with E-state index in [1.165, 1.54) is 4.90 Å². The Balaban J connectivity index is 1.79. The summed E-state index contributed by atoms with van der Waals surface area (Å²) in [5, 5.41) is 11.5. The predicted molar refractivity (Wildman–Crippen MR) is 71.5 cm³/mol. The predicted octanol–water partition coefficient (Wildman–Crippen LogP) is 0.737. The summed E-state index contributed by atoms with van der Waals surface area (Å²) in [5.41, 5.74) is 0.895. The zero-order valence-electron chi connectivity index (χ0n) is 11.0. The molecule has 0 fully saturated rings. The van der Waals surface area contributed by atoms with Gasteiger partial charge in [0.25, 0.3) is 11.8 Å². The second-order valence-electron chi connectivity index (χ2n) is 4.55. The maximum absolute atomic E-state index is 12.0. The minimum atomic E-state index is -0.827. The first-order chi connectivity index (χ1) is 9.61. The van der Waals surface area contributed by atoms with Gasteiger partial charge in [0.15, 0.2) is 0 Å². The molecule has 0 spiro atoms. The molecule has 106 valence electrons. The van der Waals surface area contributed by atoms with Crippen LogP contribution in [0.4, 0.5) is 0 Å². The van der Waals surface area contributed by atoms with Crippen molar-refractivity contribution in [1.82, 2.24) is 10.2 Å². The summed E-state index contributed by atoms with van der Waals surface area (Å²) < 4.78 is 0. The minimum Gasteiger partial charge on any atom is -0.481 e. The number of imide groups is 1. The highest BCUT2D eigenvalue weighted by Gasteiger charge is 2.34. The van der Waals surface area contributed by atoms with Crippen molar-refractivity contribution in [1.29, 1.82) is 0 Å². The summed E-state index contributed by atoms with van der Waals surface area (Å²) in [5.74, 6) is -1.36. The van der Waals surface area contributed by atoms with E-state index in [0.29, 0.717) is 37.2 Å². The molecule has 0 atom stereocenters. The molecule has 2 N–H and O–H groups in total. The number of carboxylic acid groups (broad SMARTS) is 1. The quantitative estimate of drug-likeness (QED) is 0.566. The van der Waals surface area contributed by atoms with Gasteiger partial charge in [0, 0.05) is 19.5 Å². The fourth-order valence-electron chi connectivity index (χ4n) is 2.12. The molecular formula is C14H16N2O4. The van der Waals surface area contributed by atoms with Crippen LogP contribution in [0.3, 0.4) is 0 Å². The molecule has 1 aliphatic heterocycles. The Hall–Kier alpha value is -2.21. The summed E-state index contributed by atoms with van der Waals surface area (Å²) in [6.07, 6.45) is 0.636. The van der Waals surface area contributed by atoms with E-state index in [0.717, 1.165) is 0 Å². The molecule has 2 rings (SSSR count). The molecule has 6 nitrogen and oxygen atoms in total. The number of nitrogens with zero attached hydrogens (tertiary/aromatic N) is 1. The summed E-state index contributed by atoms with van der Waals surface area (Å²) in [6.45, 7) is 1.31. The van der Waals surface area contributed by atoms with E-state index >= 15 is 0 Å². The van der Waals surface area contributed by atoms with Gasteiger partial charge in [-0.2, -0.15) is 0 Å². The Morgan fingerprint density at radius 3 is 2.25 bits per heavy atom. The molecular weight excluding hydrogens is 260 g/mol. The van der Waals surface area contributed by atoms with Gasteiger partial charge in [0.05, 0.1) is 11.1 Å². The number of hydrogen-bond donors (Lipinski definition) is 2. The number of benzene rings is 1. The Morgan fingerprint density at radius 2 is 1.70 bits per heavy atom. The number of hydrogen-bond acceptors (Lipinski definition) is 4. The maximum Gasteiger partial charge on any atom is 0.303 e. The van der Waals surface area contributed by atoms with Gasteiger partial charge in [-0.25, -0.2) is 0 Å². The van der Waals surface area contributed by atoms with Crippen molar-refractivity contribution in [2.45, 2.75) is 12.8 Å². The largest absolute Gasteiger partial charge is 0.481 e. The van der Waals surface area contributed by atoms with E-state index < -0.39 is 5.97 Å². The van der Waals surface area contributed by atoms with Crippen LogP contribution in [-0.2, 0) is 4.79 Å². The van der Waals surface area contributed by atoms with Crippen LogP contribution in [0.25, 0.3) is 0 Å². The SMILES string of the molecule is O=C(O)CCCNCCN1C(=O)c2ccccc2C1=O. The van der Waals surface area contributed by atoms with Crippen LogP contribution >= 0.6 is 0 Å². The van der Waals surface area contributed by atoms with Crippen molar-refractivity contribution in [2.75, 3.05) is 19.6 Å². The van der Waals surface area contributed by atoms with Gasteiger partial charge in [-0.1, -0.05) is 12.1 Å². The second kappa shape index (κ2) is 6.29. The lowest BCUT2D eigenvalue weighted by molar-refractivity contribution is -0.137. The Labute approximate surface area is 116 Å². The highest BCUT2D eigenvalue weighted by molar-refractivity contribution is 6.21. The first kappa shape index (κ1) is 14.2. The van der Waals surface area contributed by atoms with Crippen LogP contribution in [0.5, 0.6) is 0 Å². The van der Waals surface area contributed by atoms with Crippen LogP contribution in [0.2, 0.25) is 0 Å². The number of carbonyl (C=O) groups excluding carboxylic acids is 2. The van der Waals surface area contributed by atoms with Gasteiger partial charge >= 0.3 is 5.97 Å². The maximum atomic E-state index is 12.0.